The zero-order chi connectivity index (χ0) is 19.4. The van der Waals surface area contributed by atoms with Gasteiger partial charge in [-0.3, -0.25) is 4.79 Å². The van der Waals surface area contributed by atoms with Gasteiger partial charge < -0.3 is 14.4 Å². The summed E-state index contributed by atoms with van der Waals surface area (Å²) in [7, 11) is 1.71. The predicted octanol–water partition coefficient (Wildman–Crippen LogP) is 4.17. The van der Waals surface area contributed by atoms with E-state index >= 15 is 0 Å². The van der Waals surface area contributed by atoms with Crippen molar-refractivity contribution in [1.82, 2.24) is 4.90 Å². The Labute approximate surface area is 146 Å². The second-order valence-electron chi connectivity index (χ2n) is 4.97. The van der Waals surface area contributed by atoms with E-state index in [0.29, 0.717) is 17.2 Å². The van der Waals surface area contributed by atoms with Gasteiger partial charge in [-0.1, -0.05) is 30.3 Å². The van der Waals surface area contributed by atoms with E-state index in [1.807, 2.05) is 19.1 Å². The summed E-state index contributed by atoms with van der Waals surface area (Å²) < 4.78 is 37.5. The maximum Gasteiger partial charge on any atom is 0.490 e. The van der Waals surface area contributed by atoms with Gasteiger partial charge in [0.2, 0.25) is 5.91 Å². The number of hydrogen-bond donors (Lipinski definition) is 1. The Morgan fingerprint density at radius 2 is 1.96 bits per heavy atom. The minimum absolute atomic E-state index is 0.138. The highest BCUT2D eigenvalue weighted by molar-refractivity contribution is 6.34. The topological polar surface area (TPSA) is 70.8 Å². The van der Waals surface area contributed by atoms with Crippen LogP contribution in [0.1, 0.15) is 11.3 Å². The number of carboxylic acid groups (broad SMARTS) is 1. The summed E-state index contributed by atoms with van der Waals surface area (Å²) in [5.41, 5.74) is 1.68. The van der Waals surface area contributed by atoms with Crippen molar-refractivity contribution in [2.75, 3.05) is 7.05 Å². The molecule has 0 fully saturated rings. The summed E-state index contributed by atoms with van der Waals surface area (Å²) >= 11 is 6.08. The summed E-state index contributed by atoms with van der Waals surface area (Å²) in [4.78, 5) is 21.9. The number of benzene rings is 1. The lowest BCUT2D eigenvalue weighted by molar-refractivity contribution is -0.192. The fourth-order valence-corrected chi connectivity index (χ4v) is 2.07. The van der Waals surface area contributed by atoms with Gasteiger partial charge >= 0.3 is 12.1 Å². The molecular formula is C16H15ClF3NO4. The Hall–Kier alpha value is -2.48. The number of para-hydroxylation sites is 1. The van der Waals surface area contributed by atoms with E-state index in [1.54, 1.807) is 18.0 Å². The van der Waals surface area contributed by atoms with Crippen LogP contribution in [-0.2, 0) is 16.1 Å². The second-order valence-corrected chi connectivity index (χ2v) is 5.38. The molecule has 5 nitrogen and oxygen atoms in total. The monoisotopic (exact) mass is 377 g/mol. The molecule has 0 saturated carbocycles. The zero-order valence-electron chi connectivity index (χ0n) is 13.4. The summed E-state index contributed by atoms with van der Waals surface area (Å²) in [5, 5.41) is 8.69. The Bertz CT molecular complexity index is 799. The highest BCUT2D eigenvalue weighted by Crippen LogP contribution is 2.31. The quantitative estimate of drug-likeness (QED) is 0.815. The van der Waals surface area contributed by atoms with Crippen LogP contribution in [0.25, 0.3) is 11.0 Å². The van der Waals surface area contributed by atoms with Crippen molar-refractivity contribution in [2.24, 2.45) is 0 Å². The van der Waals surface area contributed by atoms with Crippen molar-refractivity contribution in [2.45, 2.75) is 19.6 Å². The smallest absolute Gasteiger partial charge is 0.475 e. The van der Waals surface area contributed by atoms with Gasteiger partial charge in [-0.2, -0.15) is 13.2 Å². The van der Waals surface area contributed by atoms with Crippen LogP contribution < -0.4 is 0 Å². The van der Waals surface area contributed by atoms with Gasteiger partial charge in [-0.05, 0) is 19.1 Å². The molecule has 1 aromatic carbocycles. The van der Waals surface area contributed by atoms with Gasteiger partial charge in [0.25, 0.3) is 0 Å². The van der Waals surface area contributed by atoms with Crippen molar-refractivity contribution in [3.8, 4) is 0 Å². The molecule has 25 heavy (non-hydrogen) atoms. The number of carbonyl (C=O) groups excluding carboxylic acids is 1. The summed E-state index contributed by atoms with van der Waals surface area (Å²) in [6, 6.07) is 5.63. The first-order valence-electron chi connectivity index (χ1n) is 6.83. The lowest BCUT2D eigenvalue weighted by Crippen LogP contribution is -2.23. The Balaban J connectivity index is 0.000000381. The predicted molar refractivity (Wildman–Crippen MR) is 86.3 cm³/mol. The van der Waals surface area contributed by atoms with Crippen LogP contribution in [0.15, 0.2) is 35.3 Å². The summed E-state index contributed by atoms with van der Waals surface area (Å²) in [6.45, 7) is 5.83. The van der Waals surface area contributed by atoms with Crippen LogP contribution >= 0.6 is 11.6 Å². The Morgan fingerprint density at radius 1 is 1.40 bits per heavy atom. The first-order valence-corrected chi connectivity index (χ1v) is 7.21. The molecular weight excluding hydrogens is 363 g/mol. The minimum Gasteiger partial charge on any atom is -0.475 e. The van der Waals surface area contributed by atoms with Crippen LogP contribution in [0.5, 0.6) is 0 Å². The first-order chi connectivity index (χ1) is 11.5. The highest BCUT2D eigenvalue weighted by atomic mass is 35.5. The zero-order valence-corrected chi connectivity index (χ0v) is 14.1. The van der Waals surface area contributed by atoms with Gasteiger partial charge in [-0.15, -0.1) is 0 Å². The van der Waals surface area contributed by atoms with Gasteiger partial charge in [0, 0.05) is 18.0 Å². The molecule has 1 aromatic heterocycles. The SMILES string of the molecule is C=CC(=O)N(C)Cc1oc2c(Cl)cccc2c1C.O=C(O)C(F)(F)F. The lowest BCUT2D eigenvalue weighted by Gasteiger charge is -2.13. The number of likely N-dealkylation sites (N-methyl/N-ethyl adjacent to an activating group) is 1. The van der Waals surface area contributed by atoms with Crippen molar-refractivity contribution < 1.29 is 32.3 Å². The molecule has 0 bridgehead atoms. The van der Waals surface area contributed by atoms with E-state index in [1.165, 1.54) is 6.08 Å². The first kappa shape index (κ1) is 20.6. The molecule has 0 aliphatic heterocycles. The van der Waals surface area contributed by atoms with Gasteiger partial charge in [0.05, 0.1) is 11.6 Å². The molecule has 0 aliphatic carbocycles. The van der Waals surface area contributed by atoms with E-state index in [9.17, 15) is 18.0 Å². The average molecular weight is 378 g/mol. The van der Waals surface area contributed by atoms with Gasteiger partial charge in [0.1, 0.15) is 5.76 Å². The molecule has 1 N–H and O–H groups in total. The third-order valence-electron chi connectivity index (χ3n) is 3.19. The number of halogens is 4. The molecule has 2 rings (SSSR count). The number of aliphatic carboxylic acids is 1. The highest BCUT2D eigenvalue weighted by Gasteiger charge is 2.38. The normalized spacial score (nSPS) is 10.8. The van der Waals surface area contributed by atoms with Crippen LogP contribution in [0, 0.1) is 6.92 Å². The number of nitrogens with zero attached hydrogens (tertiary/aromatic N) is 1. The standard InChI is InChI=1S/C14H14ClNO2.C2HF3O2/c1-4-13(17)16(3)8-12-9(2)10-6-5-7-11(15)14(10)18-12;3-2(4,5)1(6)7/h4-7H,1,8H2,2-3H3;(H,6,7). The molecule has 0 radical (unpaired) electrons. The molecule has 136 valence electrons. The van der Waals surface area contributed by atoms with Crippen LogP contribution in [0.2, 0.25) is 5.02 Å². The number of carbonyl (C=O) groups is 2. The number of carboxylic acids is 1. The Morgan fingerprint density at radius 3 is 2.40 bits per heavy atom. The van der Waals surface area contributed by atoms with Gasteiger partial charge in [-0.25, -0.2) is 4.79 Å². The molecule has 0 spiro atoms. The average Bonchev–Trinajstić information content (AvgIpc) is 2.84. The number of amides is 1. The number of alkyl halides is 3. The molecule has 0 saturated heterocycles. The molecule has 1 amide bonds. The van der Waals surface area contributed by atoms with Crippen LogP contribution in [0.4, 0.5) is 13.2 Å². The molecule has 0 atom stereocenters. The maximum absolute atomic E-state index is 11.4. The van der Waals surface area contributed by atoms with E-state index in [0.717, 1.165) is 16.7 Å². The summed E-state index contributed by atoms with van der Waals surface area (Å²) in [5.74, 6) is -2.15. The van der Waals surface area contributed by atoms with Gasteiger partial charge in [0.15, 0.2) is 5.58 Å². The van der Waals surface area contributed by atoms with Crippen LogP contribution in [-0.4, -0.2) is 35.1 Å². The fourth-order valence-electron chi connectivity index (χ4n) is 1.86. The maximum atomic E-state index is 11.4. The number of aryl methyl sites for hydroxylation is 1. The molecule has 1 heterocycles. The number of hydrogen-bond acceptors (Lipinski definition) is 3. The van der Waals surface area contributed by atoms with E-state index in [4.69, 9.17) is 25.9 Å². The number of furan rings is 1. The van der Waals surface area contributed by atoms with Crippen molar-refractivity contribution >= 4 is 34.4 Å². The van der Waals surface area contributed by atoms with Crippen molar-refractivity contribution in [3.63, 3.8) is 0 Å². The molecule has 2 aromatic rings. The van der Waals surface area contributed by atoms with Crippen molar-refractivity contribution in [1.29, 1.82) is 0 Å². The second kappa shape index (κ2) is 8.06. The fraction of sp³-hybridized carbons (Fsp3) is 0.250. The molecule has 0 unspecified atom stereocenters. The van der Waals surface area contributed by atoms with E-state index in [2.05, 4.69) is 6.58 Å². The third kappa shape index (κ3) is 5.25. The van der Waals surface area contributed by atoms with E-state index < -0.39 is 12.1 Å². The summed E-state index contributed by atoms with van der Waals surface area (Å²) in [6.07, 6.45) is -3.80. The van der Waals surface area contributed by atoms with Crippen LogP contribution in [0.3, 0.4) is 0 Å². The number of fused-ring (bicyclic) bond motifs is 1. The largest absolute Gasteiger partial charge is 0.490 e. The minimum atomic E-state index is -5.08. The lowest BCUT2D eigenvalue weighted by atomic mass is 10.1. The third-order valence-corrected chi connectivity index (χ3v) is 3.49. The number of rotatable bonds is 3. The molecule has 0 aliphatic rings. The Kier molecular flexibility index (Phi) is 6.63. The molecule has 9 heteroatoms. The van der Waals surface area contributed by atoms with Crippen molar-refractivity contribution in [3.05, 3.63) is 47.2 Å². The van der Waals surface area contributed by atoms with E-state index in [-0.39, 0.29) is 5.91 Å².